The molecule has 0 aromatic heterocycles. The molecule has 0 amide bonds. The molecule has 0 saturated heterocycles. The van der Waals surface area contributed by atoms with Gasteiger partial charge >= 0.3 is 216 Å². The molecule has 0 heterocycles. The van der Waals surface area contributed by atoms with Gasteiger partial charge in [-0.05, 0) is 0 Å². The van der Waals surface area contributed by atoms with Gasteiger partial charge in [0, 0.05) is 0 Å². The molecular formula is C32H33Cl2Zr. The largest absolute Gasteiger partial charge is 1.00 e. The van der Waals surface area contributed by atoms with Crippen LogP contribution >= 0.6 is 0 Å². The van der Waals surface area contributed by atoms with Gasteiger partial charge in [0.1, 0.15) is 0 Å². The Morgan fingerprint density at radius 2 is 1.43 bits per heavy atom. The van der Waals surface area contributed by atoms with Crippen molar-refractivity contribution in [1.82, 2.24) is 0 Å². The van der Waals surface area contributed by atoms with Crippen molar-refractivity contribution in [3.05, 3.63) is 106 Å². The molecule has 179 valence electrons. The van der Waals surface area contributed by atoms with Crippen LogP contribution in [0.3, 0.4) is 0 Å². The van der Waals surface area contributed by atoms with Gasteiger partial charge in [0.2, 0.25) is 0 Å². The Hall–Kier alpha value is -1.40. The van der Waals surface area contributed by atoms with E-state index in [2.05, 4.69) is 114 Å². The number of hydrogen-bond acceptors (Lipinski definition) is 0. The summed E-state index contributed by atoms with van der Waals surface area (Å²) in [6.07, 6.45) is 5.87. The first-order chi connectivity index (χ1) is 15.6. The smallest absolute Gasteiger partial charge is 1.00 e. The first kappa shape index (κ1) is 28.2. The van der Waals surface area contributed by atoms with Gasteiger partial charge in [0.15, 0.2) is 0 Å². The van der Waals surface area contributed by atoms with E-state index in [0.717, 1.165) is 6.42 Å². The van der Waals surface area contributed by atoms with E-state index in [1.54, 1.807) is 30.3 Å². The standard InChI is InChI=1S/C32H33.2ClH.Zr/c1-31(2,3)25-14-15-26-24(19-25)20-28-27(26)16-17-29(32(4,5)6)30(28)23-13-12-22(18-23)21-10-8-7-9-11-21;;;/h7-12,14-20H,13H2,1-6H3;2*1H;/q;;;+2/p-2. The van der Waals surface area contributed by atoms with E-state index in [1.165, 1.54) is 50.1 Å². The first-order valence-electron chi connectivity index (χ1n) is 12.1. The topological polar surface area (TPSA) is 0 Å². The maximum Gasteiger partial charge on any atom is -1.00 e. The zero-order chi connectivity index (χ0) is 23.5. The SMILES string of the molecule is CC(C)(C)c1ccc2c(c1)[CH]([Zr+2])c1c-2ccc(C(C)(C)C)c1C1=CC(c2ccccc2)=CC1.[Cl-].[Cl-]. The van der Waals surface area contributed by atoms with E-state index < -0.39 is 0 Å². The van der Waals surface area contributed by atoms with E-state index in [1.807, 2.05) is 0 Å². The number of rotatable bonds is 2. The van der Waals surface area contributed by atoms with E-state index in [-0.39, 0.29) is 35.6 Å². The van der Waals surface area contributed by atoms with E-state index >= 15 is 0 Å². The molecule has 35 heavy (non-hydrogen) atoms. The number of benzene rings is 3. The monoisotopic (exact) mass is 577 g/mol. The van der Waals surface area contributed by atoms with Gasteiger partial charge in [-0.2, -0.15) is 0 Å². The Labute approximate surface area is 239 Å². The molecule has 5 rings (SSSR count). The average molecular weight is 580 g/mol. The summed E-state index contributed by atoms with van der Waals surface area (Å²) in [5.74, 6) is 0. The second-order valence-corrected chi connectivity index (χ2v) is 13.0. The van der Waals surface area contributed by atoms with Crippen LogP contribution in [0.1, 0.15) is 85.0 Å². The summed E-state index contributed by atoms with van der Waals surface area (Å²) in [6.45, 7) is 14.0. The van der Waals surface area contributed by atoms with Crippen LogP contribution < -0.4 is 24.8 Å². The summed E-state index contributed by atoms with van der Waals surface area (Å²) in [5, 5.41) is 0. The van der Waals surface area contributed by atoms with Crippen molar-refractivity contribution in [3.8, 4) is 11.1 Å². The van der Waals surface area contributed by atoms with Crippen molar-refractivity contribution in [2.75, 3.05) is 0 Å². The van der Waals surface area contributed by atoms with E-state index in [4.69, 9.17) is 0 Å². The maximum atomic E-state index is 2.49. The molecule has 0 N–H and O–H groups in total. The predicted molar refractivity (Wildman–Crippen MR) is 138 cm³/mol. The summed E-state index contributed by atoms with van der Waals surface area (Å²) >= 11 is 1.58. The van der Waals surface area contributed by atoms with Gasteiger partial charge in [-0.1, -0.05) is 0 Å². The third-order valence-electron chi connectivity index (χ3n) is 7.16. The predicted octanol–water partition coefficient (Wildman–Crippen LogP) is 2.78. The molecule has 1 atom stereocenters. The van der Waals surface area contributed by atoms with Crippen LogP contribution in [-0.4, -0.2) is 0 Å². The van der Waals surface area contributed by atoms with Gasteiger partial charge in [-0.3, -0.25) is 0 Å². The van der Waals surface area contributed by atoms with Crippen LogP contribution in [0.15, 0.2) is 72.8 Å². The number of allylic oxidation sites excluding steroid dienone is 4. The molecule has 0 radical (unpaired) electrons. The van der Waals surface area contributed by atoms with Crippen LogP contribution in [0, 0.1) is 0 Å². The fourth-order valence-electron chi connectivity index (χ4n) is 5.33. The molecule has 0 fully saturated rings. The fourth-order valence-corrected chi connectivity index (χ4v) is 6.65. The van der Waals surface area contributed by atoms with E-state index in [9.17, 15) is 0 Å². The van der Waals surface area contributed by atoms with Crippen molar-refractivity contribution >= 4 is 11.1 Å². The van der Waals surface area contributed by atoms with Gasteiger partial charge in [0.25, 0.3) is 0 Å². The molecule has 2 aliphatic rings. The molecule has 3 heteroatoms. The second-order valence-electron chi connectivity index (χ2n) is 11.6. The second kappa shape index (κ2) is 10.2. The number of fused-ring (bicyclic) bond motifs is 3. The molecule has 2 aliphatic carbocycles. The van der Waals surface area contributed by atoms with Crippen LogP contribution in [-0.2, 0) is 35.5 Å². The minimum atomic E-state index is 0. The van der Waals surface area contributed by atoms with Gasteiger partial charge in [0.05, 0.1) is 0 Å². The summed E-state index contributed by atoms with van der Waals surface area (Å²) in [5.41, 5.74) is 14.8. The van der Waals surface area contributed by atoms with Crippen LogP contribution in [0.2, 0.25) is 0 Å². The molecular weight excluding hydrogens is 546 g/mol. The minimum absolute atomic E-state index is 0. The Bertz CT molecular complexity index is 1300. The Balaban J connectivity index is 0.00000171. The quantitative estimate of drug-likeness (QED) is 0.438. The van der Waals surface area contributed by atoms with E-state index in [0.29, 0.717) is 3.63 Å². The molecule has 0 bridgehead atoms. The van der Waals surface area contributed by atoms with Crippen LogP contribution in [0.25, 0.3) is 22.3 Å². The van der Waals surface area contributed by atoms with Gasteiger partial charge in [-0.15, -0.1) is 0 Å². The molecule has 0 nitrogen and oxygen atoms in total. The molecule has 1 unspecified atom stereocenters. The summed E-state index contributed by atoms with van der Waals surface area (Å²) < 4.78 is 0.489. The minimum Gasteiger partial charge on any atom is -1.00 e. The van der Waals surface area contributed by atoms with Crippen molar-refractivity contribution in [2.45, 2.75) is 62.4 Å². The maximum absolute atomic E-state index is 2.49. The molecule has 0 saturated carbocycles. The van der Waals surface area contributed by atoms with Crippen molar-refractivity contribution < 1.29 is 49.5 Å². The van der Waals surface area contributed by atoms with Gasteiger partial charge < -0.3 is 24.8 Å². The molecule has 0 spiro atoms. The van der Waals surface area contributed by atoms with Crippen molar-refractivity contribution in [2.24, 2.45) is 0 Å². The van der Waals surface area contributed by atoms with Crippen LogP contribution in [0.5, 0.6) is 0 Å². The van der Waals surface area contributed by atoms with Gasteiger partial charge in [-0.25, -0.2) is 0 Å². The number of hydrogen-bond donors (Lipinski definition) is 0. The molecule has 0 aliphatic heterocycles. The zero-order valence-electron chi connectivity index (χ0n) is 21.5. The normalized spacial score (nSPS) is 16.5. The molecule has 3 aromatic carbocycles. The van der Waals surface area contributed by atoms with Crippen molar-refractivity contribution in [1.29, 1.82) is 0 Å². The zero-order valence-corrected chi connectivity index (χ0v) is 25.4. The fraction of sp³-hybridized carbons (Fsp3) is 0.312. The summed E-state index contributed by atoms with van der Waals surface area (Å²) in [7, 11) is 0. The third kappa shape index (κ3) is 5.07. The summed E-state index contributed by atoms with van der Waals surface area (Å²) in [4.78, 5) is 0. The number of halogens is 2. The Morgan fingerprint density at radius 1 is 0.771 bits per heavy atom. The first-order valence-corrected chi connectivity index (χ1v) is 13.5. The third-order valence-corrected chi connectivity index (χ3v) is 8.63. The summed E-state index contributed by atoms with van der Waals surface area (Å²) in [6, 6.07) is 22.9. The average Bonchev–Trinajstić information content (AvgIpc) is 3.36. The van der Waals surface area contributed by atoms with Crippen LogP contribution in [0.4, 0.5) is 0 Å². The molecule has 3 aromatic rings. The van der Waals surface area contributed by atoms with Crippen molar-refractivity contribution in [3.63, 3.8) is 0 Å². The Morgan fingerprint density at radius 3 is 2.06 bits per heavy atom. The Kier molecular flexibility index (Phi) is 8.18.